The molecule has 0 radical (unpaired) electrons. The average Bonchev–Trinajstić information content (AvgIpc) is 3.47. The van der Waals surface area contributed by atoms with Gasteiger partial charge in [-0.25, -0.2) is 8.42 Å². The number of amides is 2. The summed E-state index contributed by atoms with van der Waals surface area (Å²) < 4.78 is 38.6. The summed E-state index contributed by atoms with van der Waals surface area (Å²) in [5, 5.41) is 3.04. The fraction of sp³-hybridized carbons (Fsp3) is 0.375. The Kier molecular flexibility index (Phi) is 10.1. The van der Waals surface area contributed by atoms with Gasteiger partial charge in [0, 0.05) is 25.1 Å². The molecule has 1 aliphatic rings. The molecule has 224 valence electrons. The monoisotopic (exact) mass is 593 g/mol. The van der Waals surface area contributed by atoms with E-state index in [-0.39, 0.29) is 43.1 Å². The molecule has 0 saturated carbocycles. The number of ether oxygens (including phenoxy) is 2. The fourth-order valence-electron chi connectivity index (χ4n) is 4.65. The van der Waals surface area contributed by atoms with Gasteiger partial charge in [-0.2, -0.15) is 0 Å². The highest BCUT2D eigenvalue weighted by molar-refractivity contribution is 7.92. The number of hydrogen-bond donors (Lipinski definition) is 1. The first kappa shape index (κ1) is 30.9. The molecular weight excluding hydrogens is 554 g/mol. The number of aryl methyl sites for hydroxylation is 1. The van der Waals surface area contributed by atoms with Crippen LogP contribution in [-0.2, 0) is 32.6 Å². The van der Waals surface area contributed by atoms with Crippen LogP contribution in [0.5, 0.6) is 11.5 Å². The van der Waals surface area contributed by atoms with Gasteiger partial charge in [0.25, 0.3) is 0 Å². The van der Waals surface area contributed by atoms with Gasteiger partial charge >= 0.3 is 0 Å². The van der Waals surface area contributed by atoms with Crippen LogP contribution in [0.4, 0.5) is 5.69 Å². The third-order valence-corrected chi connectivity index (χ3v) is 9.11. The maximum absolute atomic E-state index is 14.3. The predicted octanol–water partition coefficient (Wildman–Crippen LogP) is 4.43. The standard InChI is InChI=1S/C32H39N3O6S/c1-5-24(4)33-32(37)28(18-25-10-8-7-9-11-25)34(20-26-14-12-23(3)13-15-26)31(36)21-35(42(38,39)6-2)27-16-17-29-30(19-27)41-22-40-29/h7-17,19,24,28H,5-6,18,20-22H2,1-4H3,(H,33,37)/t24-,28-/m1/s1. The first-order valence-corrected chi connectivity index (χ1v) is 15.8. The van der Waals surface area contributed by atoms with Crippen LogP contribution in [-0.4, -0.2) is 56.3 Å². The second kappa shape index (κ2) is 13.7. The Morgan fingerprint density at radius 2 is 1.62 bits per heavy atom. The molecular formula is C32H39N3O6S. The molecule has 0 aromatic heterocycles. The van der Waals surface area contributed by atoms with E-state index in [9.17, 15) is 18.0 Å². The van der Waals surface area contributed by atoms with E-state index in [1.54, 1.807) is 18.2 Å². The molecule has 42 heavy (non-hydrogen) atoms. The van der Waals surface area contributed by atoms with Crippen molar-refractivity contribution in [3.05, 3.63) is 89.5 Å². The molecule has 2 amide bonds. The molecule has 3 aromatic carbocycles. The van der Waals surface area contributed by atoms with E-state index >= 15 is 0 Å². The zero-order chi connectivity index (χ0) is 30.3. The molecule has 9 nitrogen and oxygen atoms in total. The first-order chi connectivity index (χ1) is 20.1. The number of carbonyl (C=O) groups excluding carboxylic acids is 2. The Labute approximate surface area is 248 Å². The van der Waals surface area contributed by atoms with Gasteiger partial charge in [0.15, 0.2) is 11.5 Å². The Hall–Kier alpha value is -4.05. The second-order valence-corrected chi connectivity index (χ2v) is 12.7. The second-order valence-electron chi connectivity index (χ2n) is 10.5. The summed E-state index contributed by atoms with van der Waals surface area (Å²) in [7, 11) is -3.88. The summed E-state index contributed by atoms with van der Waals surface area (Å²) in [6, 6.07) is 21.0. The van der Waals surface area contributed by atoms with E-state index in [1.807, 2.05) is 75.4 Å². The molecule has 0 spiro atoms. The number of carbonyl (C=O) groups is 2. The topological polar surface area (TPSA) is 105 Å². The fourth-order valence-corrected chi connectivity index (χ4v) is 5.70. The first-order valence-electron chi connectivity index (χ1n) is 14.2. The van der Waals surface area contributed by atoms with Gasteiger partial charge in [0.1, 0.15) is 12.6 Å². The molecule has 0 aliphatic carbocycles. The lowest BCUT2D eigenvalue weighted by atomic mass is 10.0. The van der Waals surface area contributed by atoms with Crippen molar-refractivity contribution in [1.82, 2.24) is 10.2 Å². The van der Waals surface area contributed by atoms with Crippen molar-refractivity contribution in [2.24, 2.45) is 0 Å². The number of hydrogen-bond acceptors (Lipinski definition) is 6. The minimum atomic E-state index is -3.88. The number of nitrogens with zero attached hydrogens (tertiary/aromatic N) is 2. The summed E-state index contributed by atoms with van der Waals surface area (Å²) in [6.45, 7) is 7.08. The van der Waals surface area contributed by atoms with Crippen LogP contribution in [0, 0.1) is 6.92 Å². The lowest BCUT2D eigenvalue weighted by Crippen LogP contribution is -2.54. The third-order valence-electron chi connectivity index (χ3n) is 7.37. The molecule has 0 bridgehead atoms. The number of rotatable bonds is 13. The molecule has 1 N–H and O–H groups in total. The highest BCUT2D eigenvalue weighted by Crippen LogP contribution is 2.36. The van der Waals surface area contributed by atoms with Crippen LogP contribution in [0.1, 0.15) is 43.9 Å². The third kappa shape index (κ3) is 7.61. The van der Waals surface area contributed by atoms with E-state index in [4.69, 9.17) is 9.47 Å². The van der Waals surface area contributed by atoms with Crippen molar-refractivity contribution < 1.29 is 27.5 Å². The molecule has 2 atom stereocenters. The molecule has 3 aromatic rings. The Morgan fingerprint density at radius 3 is 2.29 bits per heavy atom. The maximum atomic E-state index is 14.3. The number of nitrogens with one attached hydrogen (secondary N) is 1. The van der Waals surface area contributed by atoms with Crippen molar-refractivity contribution in [2.75, 3.05) is 23.4 Å². The van der Waals surface area contributed by atoms with E-state index in [2.05, 4.69) is 5.32 Å². The highest BCUT2D eigenvalue weighted by Gasteiger charge is 2.34. The van der Waals surface area contributed by atoms with Crippen LogP contribution in [0.15, 0.2) is 72.8 Å². The van der Waals surface area contributed by atoms with E-state index in [0.717, 1.165) is 27.4 Å². The summed E-state index contributed by atoms with van der Waals surface area (Å²) in [5.41, 5.74) is 3.07. The van der Waals surface area contributed by atoms with Crippen LogP contribution in [0.3, 0.4) is 0 Å². The number of benzene rings is 3. The predicted molar refractivity (Wildman–Crippen MR) is 163 cm³/mol. The van der Waals surface area contributed by atoms with E-state index < -0.39 is 28.5 Å². The van der Waals surface area contributed by atoms with Crippen molar-refractivity contribution in [1.29, 1.82) is 0 Å². The Balaban J connectivity index is 1.74. The summed E-state index contributed by atoms with van der Waals surface area (Å²) in [6.07, 6.45) is 0.994. The Bertz CT molecular complexity index is 1480. The van der Waals surface area contributed by atoms with Gasteiger partial charge in [-0.1, -0.05) is 67.1 Å². The molecule has 4 rings (SSSR count). The van der Waals surface area contributed by atoms with Crippen LogP contribution >= 0.6 is 0 Å². The quantitative estimate of drug-likeness (QED) is 0.314. The van der Waals surface area contributed by atoms with Crippen molar-refractivity contribution in [3.8, 4) is 11.5 Å². The van der Waals surface area contributed by atoms with Crippen LogP contribution in [0.25, 0.3) is 0 Å². The minimum absolute atomic E-state index is 0.0367. The summed E-state index contributed by atoms with van der Waals surface area (Å²) in [4.78, 5) is 29.5. The molecule has 0 unspecified atom stereocenters. The van der Waals surface area contributed by atoms with Crippen molar-refractivity contribution in [3.63, 3.8) is 0 Å². The molecule has 0 fully saturated rings. The van der Waals surface area contributed by atoms with E-state index in [0.29, 0.717) is 11.5 Å². The molecule has 0 saturated heterocycles. The van der Waals surface area contributed by atoms with Gasteiger partial charge in [0.05, 0.1) is 11.4 Å². The molecule has 1 heterocycles. The number of fused-ring (bicyclic) bond motifs is 1. The van der Waals surface area contributed by atoms with Gasteiger partial charge in [0.2, 0.25) is 28.6 Å². The lowest BCUT2D eigenvalue weighted by Gasteiger charge is -2.34. The molecule has 10 heteroatoms. The highest BCUT2D eigenvalue weighted by atomic mass is 32.2. The van der Waals surface area contributed by atoms with Crippen LogP contribution < -0.4 is 19.1 Å². The molecule has 1 aliphatic heterocycles. The number of anilines is 1. The lowest BCUT2D eigenvalue weighted by molar-refractivity contribution is -0.140. The van der Waals surface area contributed by atoms with Gasteiger partial charge < -0.3 is 19.7 Å². The van der Waals surface area contributed by atoms with Gasteiger partial charge in [-0.05, 0) is 50.5 Å². The van der Waals surface area contributed by atoms with Gasteiger partial charge in [-0.3, -0.25) is 13.9 Å². The zero-order valence-electron chi connectivity index (χ0n) is 24.6. The zero-order valence-corrected chi connectivity index (χ0v) is 25.4. The average molecular weight is 594 g/mol. The van der Waals surface area contributed by atoms with Crippen LogP contribution in [0.2, 0.25) is 0 Å². The summed E-state index contributed by atoms with van der Waals surface area (Å²) in [5.74, 6) is -0.0893. The number of sulfonamides is 1. The summed E-state index contributed by atoms with van der Waals surface area (Å²) >= 11 is 0. The SMILES string of the molecule is CC[C@@H](C)NC(=O)[C@@H](Cc1ccccc1)N(Cc1ccc(C)cc1)C(=O)CN(c1ccc2c(c1)OCO2)S(=O)(=O)CC. The largest absolute Gasteiger partial charge is 0.454 e. The smallest absolute Gasteiger partial charge is 0.244 e. The Morgan fingerprint density at radius 1 is 0.929 bits per heavy atom. The van der Waals surface area contributed by atoms with E-state index in [1.165, 1.54) is 11.8 Å². The van der Waals surface area contributed by atoms with Crippen molar-refractivity contribution in [2.45, 2.75) is 59.2 Å². The normalized spacial score (nSPS) is 13.7. The van der Waals surface area contributed by atoms with Crippen molar-refractivity contribution >= 4 is 27.5 Å². The maximum Gasteiger partial charge on any atom is 0.244 e. The minimum Gasteiger partial charge on any atom is -0.454 e. The van der Waals surface area contributed by atoms with Gasteiger partial charge in [-0.15, -0.1) is 0 Å².